The van der Waals surface area contributed by atoms with Crippen LogP contribution in [-0.4, -0.2) is 44.2 Å². The summed E-state index contributed by atoms with van der Waals surface area (Å²) in [7, 11) is 1.64. The molecule has 1 amide bonds. The van der Waals surface area contributed by atoms with E-state index in [2.05, 4.69) is 10.2 Å². The van der Waals surface area contributed by atoms with E-state index in [1.807, 2.05) is 13.1 Å². The minimum absolute atomic E-state index is 0.0218. The van der Waals surface area contributed by atoms with Crippen LogP contribution < -0.4 is 5.32 Å². The quantitative estimate of drug-likeness (QED) is 0.613. The number of nitrogens with zero attached hydrogens (tertiary/aromatic N) is 1. The number of likely N-dealkylation sites (N-methyl/N-ethyl adjacent to an activating group) is 1. The number of hydrogen-bond acceptors (Lipinski definition) is 3. The Bertz CT molecular complexity index is 208. The first-order valence-electron chi connectivity index (χ1n) is 4.46. The zero-order valence-electron chi connectivity index (χ0n) is 8.17. The van der Waals surface area contributed by atoms with Gasteiger partial charge in [-0.25, -0.2) is 0 Å². The summed E-state index contributed by atoms with van der Waals surface area (Å²) < 4.78 is 5.20. The van der Waals surface area contributed by atoms with Crippen LogP contribution in [0.5, 0.6) is 0 Å². The van der Waals surface area contributed by atoms with Crippen molar-refractivity contribution in [3.05, 3.63) is 11.8 Å². The number of hydrogen-bond donors (Lipinski definition) is 1. The number of carbonyl (C=O) groups is 1. The fraction of sp³-hybridized carbons (Fsp3) is 0.667. The van der Waals surface area contributed by atoms with Crippen molar-refractivity contribution in [1.29, 1.82) is 0 Å². The fourth-order valence-corrected chi connectivity index (χ4v) is 1.24. The number of carbonyl (C=O) groups excluding carboxylic acids is 1. The van der Waals surface area contributed by atoms with Crippen LogP contribution in [0.4, 0.5) is 0 Å². The molecule has 13 heavy (non-hydrogen) atoms. The van der Waals surface area contributed by atoms with Crippen LogP contribution in [0.1, 0.15) is 6.92 Å². The van der Waals surface area contributed by atoms with E-state index in [9.17, 15) is 4.79 Å². The second-order valence-corrected chi connectivity index (χ2v) is 3.04. The predicted molar refractivity (Wildman–Crippen MR) is 50.2 cm³/mol. The third kappa shape index (κ3) is 3.06. The molecule has 1 heterocycles. The van der Waals surface area contributed by atoms with E-state index >= 15 is 0 Å². The van der Waals surface area contributed by atoms with Gasteiger partial charge in [0.25, 0.3) is 0 Å². The molecule has 1 aliphatic heterocycles. The normalized spacial score (nSPS) is 18.6. The molecule has 1 aliphatic rings. The number of nitrogens with one attached hydrogen (secondary N) is 1. The Balaban J connectivity index is 2.47. The first kappa shape index (κ1) is 10.1. The van der Waals surface area contributed by atoms with Crippen LogP contribution in [0.25, 0.3) is 0 Å². The number of ether oxygens (including phenoxy) is 1. The summed E-state index contributed by atoms with van der Waals surface area (Å²) >= 11 is 0. The highest BCUT2D eigenvalue weighted by Gasteiger charge is 2.08. The van der Waals surface area contributed by atoms with Crippen LogP contribution in [0.15, 0.2) is 11.8 Å². The Morgan fingerprint density at radius 1 is 1.46 bits per heavy atom. The molecule has 0 aromatic heterocycles. The van der Waals surface area contributed by atoms with Gasteiger partial charge in [0.15, 0.2) is 0 Å². The zero-order valence-corrected chi connectivity index (χ0v) is 8.17. The molecule has 0 unspecified atom stereocenters. The van der Waals surface area contributed by atoms with Crippen LogP contribution in [0.2, 0.25) is 0 Å². The van der Waals surface area contributed by atoms with Gasteiger partial charge in [-0.15, -0.1) is 0 Å². The van der Waals surface area contributed by atoms with Crippen LogP contribution in [0, 0.1) is 0 Å². The first-order chi connectivity index (χ1) is 6.24. The molecular formula is C9H16N2O2. The van der Waals surface area contributed by atoms with Crippen molar-refractivity contribution < 1.29 is 9.53 Å². The maximum absolute atomic E-state index is 11.1. The van der Waals surface area contributed by atoms with Crippen molar-refractivity contribution >= 4 is 5.91 Å². The molecule has 0 aromatic carbocycles. The van der Waals surface area contributed by atoms with Crippen molar-refractivity contribution in [2.75, 3.05) is 33.4 Å². The first-order valence-corrected chi connectivity index (χ1v) is 4.46. The lowest BCUT2D eigenvalue weighted by Crippen LogP contribution is -2.33. The van der Waals surface area contributed by atoms with Gasteiger partial charge in [0.2, 0.25) is 5.91 Å². The fourth-order valence-electron chi connectivity index (χ4n) is 1.24. The third-order valence-corrected chi connectivity index (χ3v) is 2.01. The molecule has 4 nitrogen and oxygen atoms in total. The van der Waals surface area contributed by atoms with E-state index in [0.29, 0.717) is 0 Å². The Hall–Kier alpha value is -1.03. The van der Waals surface area contributed by atoms with Gasteiger partial charge in [-0.3, -0.25) is 4.79 Å². The zero-order chi connectivity index (χ0) is 9.68. The smallest absolute Gasteiger partial charge is 0.248 e. The summed E-state index contributed by atoms with van der Waals surface area (Å²) in [6.07, 6.45) is 1.89. The lowest BCUT2D eigenvalue weighted by Gasteiger charge is -2.25. The summed E-state index contributed by atoms with van der Waals surface area (Å²) in [6.45, 7) is 5.05. The van der Waals surface area contributed by atoms with E-state index in [1.54, 1.807) is 7.05 Å². The molecule has 0 spiro atoms. The average molecular weight is 184 g/mol. The summed E-state index contributed by atoms with van der Waals surface area (Å²) in [5, 5.41) is 2.59. The second-order valence-electron chi connectivity index (χ2n) is 3.04. The standard InChI is InChI=1S/C9H16N2O2/c1-8(9(12)10-2)7-11-3-5-13-6-4-11/h7H,3-6H2,1-2H3,(H,10,12). The topological polar surface area (TPSA) is 41.6 Å². The van der Waals surface area contributed by atoms with Gasteiger partial charge in [-0.2, -0.15) is 0 Å². The van der Waals surface area contributed by atoms with E-state index < -0.39 is 0 Å². The van der Waals surface area contributed by atoms with Crippen molar-refractivity contribution in [3.63, 3.8) is 0 Å². The van der Waals surface area contributed by atoms with Gasteiger partial charge in [-0.05, 0) is 6.92 Å². The Morgan fingerprint density at radius 3 is 2.62 bits per heavy atom. The largest absolute Gasteiger partial charge is 0.378 e. The minimum atomic E-state index is -0.0218. The Kier molecular flexibility index (Phi) is 3.76. The van der Waals surface area contributed by atoms with Crippen molar-refractivity contribution in [3.8, 4) is 0 Å². The van der Waals surface area contributed by atoms with E-state index in [-0.39, 0.29) is 5.91 Å². The van der Waals surface area contributed by atoms with Crippen LogP contribution in [0.3, 0.4) is 0 Å². The number of morpholine rings is 1. The molecule has 1 fully saturated rings. The summed E-state index contributed by atoms with van der Waals surface area (Å²) in [5.74, 6) is -0.0218. The van der Waals surface area contributed by atoms with Crippen molar-refractivity contribution in [1.82, 2.24) is 10.2 Å². The van der Waals surface area contributed by atoms with Gasteiger partial charge < -0.3 is 15.0 Å². The molecule has 0 bridgehead atoms. The molecule has 1 N–H and O–H groups in total. The highest BCUT2D eigenvalue weighted by atomic mass is 16.5. The Labute approximate surface area is 78.5 Å². The van der Waals surface area contributed by atoms with E-state index in [4.69, 9.17) is 4.74 Å². The SMILES string of the molecule is CNC(=O)C(C)=CN1CCOCC1. The van der Waals surface area contributed by atoms with E-state index in [1.165, 1.54) is 0 Å². The molecule has 4 heteroatoms. The van der Waals surface area contributed by atoms with E-state index in [0.717, 1.165) is 31.9 Å². The molecule has 0 aromatic rings. The van der Waals surface area contributed by atoms with Gasteiger partial charge in [0.1, 0.15) is 0 Å². The van der Waals surface area contributed by atoms with Gasteiger partial charge in [0.05, 0.1) is 13.2 Å². The maximum atomic E-state index is 11.1. The third-order valence-electron chi connectivity index (χ3n) is 2.01. The lowest BCUT2D eigenvalue weighted by atomic mass is 10.3. The molecule has 74 valence electrons. The number of rotatable bonds is 2. The Morgan fingerprint density at radius 2 is 2.08 bits per heavy atom. The lowest BCUT2D eigenvalue weighted by molar-refractivity contribution is -0.117. The molecule has 1 rings (SSSR count). The average Bonchev–Trinajstić information content (AvgIpc) is 2.18. The minimum Gasteiger partial charge on any atom is -0.378 e. The van der Waals surface area contributed by atoms with Gasteiger partial charge in [0, 0.05) is 31.9 Å². The molecule has 1 saturated heterocycles. The highest BCUT2D eigenvalue weighted by molar-refractivity contribution is 5.92. The molecule has 0 atom stereocenters. The second kappa shape index (κ2) is 4.87. The van der Waals surface area contributed by atoms with Gasteiger partial charge in [-0.1, -0.05) is 0 Å². The molecule has 0 radical (unpaired) electrons. The molecular weight excluding hydrogens is 168 g/mol. The highest BCUT2D eigenvalue weighted by Crippen LogP contribution is 2.01. The number of amides is 1. The predicted octanol–water partition coefficient (Wildman–Crippen LogP) is -0.0316. The summed E-state index contributed by atoms with van der Waals surface area (Å²) in [6, 6.07) is 0. The van der Waals surface area contributed by atoms with Crippen molar-refractivity contribution in [2.45, 2.75) is 6.92 Å². The van der Waals surface area contributed by atoms with Crippen LogP contribution in [-0.2, 0) is 9.53 Å². The monoisotopic (exact) mass is 184 g/mol. The van der Waals surface area contributed by atoms with Gasteiger partial charge >= 0.3 is 0 Å². The summed E-state index contributed by atoms with van der Waals surface area (Å²) in [5.41, 5.74) is 0.740. The van der Waals surface area contributed by atoms with Crippen molar-refractivity contribution in [2.24, 2.45) is 0 Å². The molecule has 0 aliphatic carbocycles. The molecule has 0 saturated carbocycles. The van der Waals surface area contributed by atoms with Crippen LogP contribution >= 0.6 is 0 Å². The summed E-state index contributed by atoms with van der Waals surface area (Å²) in [4.78, 5) is 13.3. The maximum Gasteiger partial charge on any atom is 0.248 e.